The van der Waals surface area contributed by atoms with Crippen molar-refractivity contribution in [2.75, 3.05) is 19.6 Å². The van der Waals surface area contributed by atoms with E-state index in [1.54, 1.807) is 6.26 Å². The minimum absolute atomic E-state index is 0.619. The highest BCUT2D eigenvalue weighted by Crippen LogP contribution is 2.02. The minimum Gasteiger partial charge on any atom is -0.469 e. The first kappa shape index (κ1) is 18.8. The van der Waals surface area contributed by atoms with E-state index in [1.165, 1.54) is 5.69 Å². The van der Waals surface area contributed by atoms with Crippen molar-refractivity contribution < 1.29 is 4.42 Å². The van der Waals surface area contributed by atoms with Gasteiger partial charge in [-0.1, -0.05) is 12.2 Å². The largest absolute Gasteiger partial charge is 0.469 e. The molecule has 6 nitrogen and oxygen atoms in total. The van der Waals surface area contributed by atoms with E-state index in [0.717, 1.165) is 55.5 Å². The van der Waals surface area contributed by atoms with E-state index in [-0.39, 0.29) is 0 Å². The highest BCUT2D eigenvalue weighted by Gasteiger charge is 2.02. The van der Waals surface area contributed by atoms with Crippen LogP contribution in [0, 0.1) is 13.8 Å². The molecule has 0 aliphatic carbocycles. The Hall–Kier alpha value is -2.50. The number of guanidine groups is 1. The lowest BCUT2D eigenvalue weighted by atomic mass is 10.3. The molecule has 0 saturated heterocycles. The summed E-state index contributed by atoms with van der Waals surface area (Å²) in [4.78, 5) is 4.55. The summed E-state index contributed by atoms with van der Waals surface area (Å²) in [6.45, 7) is 13.1. The van der Waals surface area contributed by atoms with Crippen molar-refractivity contribution in [3.63, 3.8) is 0 Å². The van der Waals surface area contributed by atoms with Crippen LogP contribution < -0.4 is 10.6 Å². The fraction of sp³-hybridized carbons (Fsp3) is 0.474. The first-order chi connectivity index (χ1) is 12.0. The number of hydrogen-bond donors (Lipinski definition) is 2. The predicted octanol–water partition coefficient (Wildman–Crippen LogP) is 2.84. The van der Waals surface area contributed by atoms with Gasteiger partial charge in [-0.3, -0.25) is 4.68 Å². The summed E-state index contributed by atoms with van der Waals surface area (Å²) in [6, 6.07) is 5.99. The van der Waals surface area contributed by atoms with Crippen LogP contribution in [0.5, 0.6) is 0 Å². The standard InChI is InChI=1S/C19H29N5O/c1-15(2)14-22-19(21-10-8-18-7-5-12-25-18)20-9-6-11-24-17(4)13-16(3)23-24/h5,7,12-13H,1,6,8-11,14H2,2-4H3,(H2,20,21,22). The van der Waals surface area contributed by atoms with Gasteiger partial charge in [0.25, 0.3) is 0 Å². The fourth-order valence-corrected chi connectivity index (χ4v) is 2.48. The number of furan rings is 1. The summed E-state index contributed by atoms with van der Waals surface area (Å²) in [5.74, 6) is 1.78. The molecule has 0 radical (unpaired) electrons. The Morgan fingerprint density at radius 1 is 1.32 bits per heavy atom. The highest BCUT2D eigenvalue weighted by atomic mass is 16.3. The van der Waals surface area contributed by atoms with Crippen LogP contribution in [-0.4, -0.2) is 35.4 Å². The van der Waals surface area contributed by atoms with Crippen molar-refractivity contribution in [1.29, 1.82) is 0 Å². The molecule has 2 rings (SSSR count). The van der Waals surface area contributed by atoms with E-state index in [0.29, 0.717) is 6.54 Å². The lowest BCUT2D eigenvalue weighted by molar-refractivity contribution is 0.506. The Labute approximate surface area is 150 Å². The Morgan fingerprint density at radius 2 is 2.12 bits per heavy atom. The zero-order chi connectivity index (χ0) is 18.1. The Balaban J connectivity index is 1.76. The Morgan fingerprint density at radius 3 is 2.76 bits per heavy atom. The normalized spacial score (nSPS) is 11.6. The maximum Gasteiger partial charge on any atom is 0.191 e. The first-order valence-corrected chi connectivity index (χ1v) is 8.74. The molecule has 0 bridgehead atoms. The number of nitrogens with one attached hydrogen (secondary N) is 2. The van der Waals surface area contributed by atoms with Crippen LogP contribution >= 0.6 is 0 Å². The molecule has 25 heavy (non-hydrogen) atoms. The summed E-state index contributed by atoms with van der Waals surface area (Å²) in [5.41, 5.74) is 3.30. The second-order valence-corrected chi connectivity index (χ2v) is 6.31. The molecule has 2 aromatic heterocycles. The van der Waals surface area contributed by atoms with Crippen molar-refractivity contribution in [2.24, 2.45) is 4.99 Å². The van der Waals surface area contributed by atoms with Gasteiger partial charge in [0.1, 0.15) is 5.76 Å². The van der Waals surface area contributed by atoms with Gasteiger partial charge in [0.15, 0.2) is 5.96 Å². The van der Waals surface area contributed by atoms with E-state index in [2.05, 4.69) is 40.3 Å². The third-order valence-corrected chi connectivity index (χ3v) is 3.69. The lowest BCUT2D eigenvalue weighted by Gasteiger charge is -2.12. The molecule has 6 heteroatoms. The van der Waals surface area contributed by atoms with Gasteiger partial charge in [0.2, 0.25) is 0 Å². The Kier molecular flexibility index (Phi) is 7.32. The summed E-state index contributed by atoms with van der Waals surface area (Å²) >= 11 is 0. The third kappa shape index (κ3) is 6.87. The topological polar surface area (TPSA) is 67.4 Å². The van der Waals surface area contributed by atoms with E-state index in [1.807, 2.05) is 30.7 Å². The van der Waals surface area contributed by atoms with Gasteiger partial charge in [-0.25, -0.2) is 4.99 Å². The van der Waals surface area contributed by atoms with Crippen LogP contribution in [0.25, 0.3) is 0 Å². The van der Waals surface area contributed by atoms with E-state index < -0.39 is 0 Å². The molecule has 0 unspecified atom stereocenters. The van der Waals surface area contributed by atoms with Gasteiger partial charge in [-0.15, -0.1) is 0 Å². The molecule has 0 amide bonds. The quantitative estimate of drug-likeness (QED) is 0.318. The lowest BCUT2D eigenvalue weighted by Crippen LogP contribution is -2.39. The van der Waals surface area contributed by atoms with Gasteiger partial charge < -0.3 is 15.1 Å². The van der Waals surface area contributed by atoms with Crippen molar-refractivity contribution in [3.8, 4) is 0 Å². The summed E-state index contributed by atoms with van der Waals surface area (Å²) in [5, 5.41) is 11.2. The highest BCUT2D eigenvalue weighted by molar-refractivity contribution is 5.79. The van der Waals surface area contributed by atoms with E-state index in [9.17, 15) is 0 Å². The molecular weight excluding hydrogens is 314 g/mol. The number of aryl methyl sites for hydroxylation is 3. The first-order valence-electron chi connectivity index (χ1n) is 8.74. The van der Waals surface area contributed by atoms with E-state index >= 15 is 0 Å². The number of nitrogens with zero attached hydrogens (tertiary/aromatic N) is 3. The average Bonchev–Trinajstić information content (AvgIpc) is 3.18. The second kappa shape index (κ2) is 9.71. The van der Waals surface area contributed by atoms with Crippen LogP contribution in [0.1, 0.15) is 30.5 Å². The van der Waals surface area contributed by atoms with Gasteiger partial charge in [0.05, 0.1) is 18.5 Å². The van der Waals surface area contributed by atoms with Crippen molar-refractivity contribution >= 4 is 5.96 Å². The third-order valence-electron chi connectivity index (χ3n) is 3.69. The summed E-state index contributed by atoms with van der Waals surface area (Å²) < 4.78 is 7.40. The molecule has 2 N–H and O–H groups in total. The second-order valence-electron chi connectivity index (χ2n) is 6.31. The monoisotopic (exact) mass is 343 g/mol. The van der Waals surface area contributed by atoms with E-state index in [4.69, 9.17) is 4.42 Å². The molecule has 0 fully saturated rings. The molecule has 0 aliphatic heterocycles. The van der Waals surface area contributed by atoms with Crippen LogP contribution in [0.15, 0.2) is 46.0 Å². The maximum absolute atomic E-state index is 5.35. The zero-order valence-electron chi connectivity index (χ0n) is 15.5. The SMILES string of the molecule is C=C(C)CN=C(NCCCn1nc(C)cc1C)NCCc1ccco1. The van der Waals surface area contributed by atoms with Crippen LogP contribution in [-0.2, 0) is 13.0 Å². The summed E-state index contributed by atoms with van der Waals surface area (Å²) in [7, 11) is 0. The molecular formula is C19H29N5O. The predicted molar refractivity (Wildman–Crippen MR) is 102 cm³/mol. The average molecular weight is 343 g/mol. The van der Waals surface area contributed by atoms with Crippen molar-refractivity contribution in [2.45, 2.75) is 40.2 Å². The van der Waals surface area contributed by atoms with Gasteiger partial charge in [-0.05, 0) is 45.4 Å². The molecule has 136 valence electrons. The number of aliphatic imine (C=N–C) groups is 1. The number of hydrogen-bond acceptors (Lipinski definition) is 3. The smallest absolute Gasteiger partial charge is 0.191 e. The molecule has 0 atom stereocenters. The minimum atomic E-state index is 0.619. The number of rotatable bonds is 9. The zero-order valence-corrected chi connectivity index (χ0v) is 15.5. The van der Waals surface area contributed by atoms with Gasteiger partial charge in [-0.2, -0.15) is 5.10 Å². The molecule has 0 aromatic carbocycles. The van der Waals surface area contributed by atoms with Gasteiger partial charge >= 0.3 is 0 Å². The summed E-state index contributed by atoms with van der Waals surface area (Å²) in [6.07, 6.45) is 3.50. The van der Waals surface area contributed by atoms with Crippen LogP contribution in [0.2, 0.25) is 0 Å². The Bertz CT molecular complexity index is 685. The number of aromatic nitrogens is 2. The van der Waals surface area contributed by atoms with Gasteiger partial charge in [0, 0.05) is 31.7 Å². The molecule has 2 aromatic rings. The van der Waals surface area contributed by atoms with Crippen LogP contribution in [0.3, 0.4) is 0 Å². The molecule has 0 aliphatic rings. The fourth-order valence-electron chi connectivity index (χ4n) is 2.48. The van der Waals surface area contributed by atoms with Crippen molar-refractivity contribution in [3.05, 3.63) is 53.8 Å². The molecule has 2 heterocycles. The molecule has 0 spiro atoms. The maximum atomic E-state index is 5.35. The van der Waals surface area contributed by atoms with Crippen LogP contribution in [0.4, 0.5) is 0 Å². The molecule has 0 saturated carbocycles. The van der Waals surface area contributed by atoms with Crippen molar-refractivity contribution in [1.82, 2.24) is 20.4 Å².